The van der Waals surface area contributed by atoms with Gasteiger partial charge in [-0.15, -0.1) is 0 Å². The summed E-state index contributed by atoms with van der Waals surface area (Å²) in [4.78, 5) is 24.2. The molecule has 6 heteroatoms. The van der Waals surface area contributed by atoms with Crippen molar-refractivity contribution >= 4 is 44.2 Å². The van der Waals surface area contributed by atoms with Crippen LogP contribution in [0.2, 0.25) is 5.02 Å². The molecule has 0 atom stereocenters. The molecule has 0 radical (unpaired) electrons. The van der Waals surface area contributed by atoms with Crippen molar-refractivity contribution < 1.29 is 4.79 Å². The molecular formula is C24H22ClN3OS. The molecule has 1 amide bonds. The quantitative estimate of drug-likeness (QED) is 0.373. The Morgan fingerprint density at radius 3 is 2.53 bits per heavy atom. The van der Waals surface area contributed by atoms with E-state index in [-0.39, 0.29) is 5.91 Å². The Kier molecular flexibility index (Phi) is 6.11. The maximum Gasteiger partial charge on any atom is 0.233 e. The van der Waals surface area contributed by atoms with E-state index < -0.39 is 0 Å². The van der Waals surface area contributed by atoms with Crippen LogP contribution in [0.5, 0.6) is 0 Å². The number of carbonyl (C=O) groups excluding carboxylic acids is 1. The van der Waals surface area contributed by atoms with Gasteiger partial charge in [-0.25, -0.2) is 4.98 Å². The van der Waals surface area contributed by atoms with Crippen LogP contribution in [0.4, 0.5) is 5.13 Å². The van der Waals surface area contributed by atoms with E-state index in [0.29, 0.717) is 23.1 Å². The van der Waals surface area contributed by atoms with E-state index in [4.69, 9.17) is 16.6 Å². The summed E-state index contributed by atoms with van der Waals surface area (Å²) < 4.78 is 1.01. The molecule has 0 unspecified atom stereocenters. The molecule has 0 saturated carbocycles. The van der Waals surface area contributed by atoms with Gasteiger partial charge < -0.3 is 0 Å². The first-order valence-corrected chi connectivity index (χ1v) is 11.1. The third-order valence-electron chi connectivity index (χ3n) is 5.10. The van der Waals surface area contributed by atoms with Gasteiger partial charge in [0.1, 0.15) is 0 Å². The summed E-state index contributed by atoms with van der Waals surface area (Å²) in [6.45, 7) is 4.45. The summed E-state index contributed by atoms with van der Waals surface area (Å²) in [6.07, 6.45) is 3.03. The van der Waals surface area contributed by atoms with Gasteiger partial charge in [0.15, 0.2) is 5.13 Å². The molecule has 4 aromatic rings. The summed E-state index contributed by atoms with van der Waals surface area (Å²) >= 11 is 7.77. The van der Waals surface area contributed by atoms with Gasteiger partial charge in [0, 0.05) is 11.2 Å². The van der Waals surface area contributed by atoms with Gasteiger partial charge in [-0.05, 0) is 54.3 Å². The normalized spacial score (nSPS) is 11.0. The van der Waals surface area contributed by atoms with Crippen molar-refractivity contribution in [1.82, 2.24) is 9.97 Å². The molecule has 0 aliphatic rings. The third-order valence-corrected chi connectivity index (χ3v) is 6.55. The molecule has 2 heterocycles. The van der Waals surface area contributed by atoms with E-state index >= 15 is 0 Å². The molecule has 0 spiro atoms. The number of hydrogen-bond acceptors (Lipinski definition) is 4. The lowest BCUT2D eigenvalue weighted by Crippen LogP contribution is -2.32. The van der Waals surface area contributed by atoms with E-state index in [1.165, 1.54) is 16.9 Å². The van der Waals surface area contributed by atoms with E-state index in [1.54, 1.807) is 11.1 Å². The molecule has 4 nitrogen and oxygen atoms in total. The third kappa shape index (κ3) is 4.37. The average Bonchev–Trinajstić information content (AvgIpc) is 3.20. The smallest absolute Gasteiger partial charge is 0.233 e. The van der Waals surface area contributed by atoms with E-state index in [9.17, 15) is 4.79 Å². The lowest BCUT2D eigenvalue weighted by molar-refractivity contribution is -0.118. The first-order valence-electron chi connectivity index (χ1n) is 9.89. The maximum absolute atomic E-state index is 13.3. The molecule has 0 bridgehead atoms. The van der Waals surface area contributed by atoms with Crippen LogP contribution in [0.15, 0.2) is 60.8 Å². The Balaban J connectivity index is 1.68. The van der Waals surface area contributed by atoms with Crippen LogP contribution in [-0.2, 0) is 24.2 Å². The Labute approximate surface area is 185 Å². The number of rotatable bonds is 6. The van der Waals surface area contributed by atoms with Gasteiger partial charge in [0.25, 0.3) is 0 Å². The van der Waals surface area contributed by atoms with Crippen LogP contribution < -0.4 is 4.90 Å². The van der Waals surface area contributed by atoms with Crippen LogP contribution >= 0.6 is 22.9 Å². The lowest BCUT2D eigenvalue weighted by atomic mass is 10.1. The number of fused-ring (bicyclic) bond motifs is 1. The van der Waals surface area contributed by atoms with Crippen LogP contribution in [0, 0.1) is 6.92 Å². The lowest BCUT2D eigenvalue weighted by Gasteiger charge is -2.19. The monoisotopic (exact) mass is 435 g/mol. The van der Waals surface area contributed by atoms with E-state index in [1.807, 2.05) is 49.4 Å². The average molecular weight is 436 g/mol. The van der Waals surface area contributed by atoms with Gasteiger partial charge >= 0.3 is 0 Å². The number of amides is 1. The zero-order valence-electron chi connectivity index (χ0n) is 16.9. The Hall–Kier alpha value is -2.76. The highest BCUT2D eigenvalue weighted by Gasteiger charge is 2.22. The number of carbonyl (C=O) groups is 1. The fourth-order valence-electron chi connectivity index (χ4n) is 3.28. The molecule has 4 rings (SSSR count). The first-order chi connectivity index (χ1) is 14.5. The number of anilines is 1. The molecular weight excluding hydrogens is 414 g/mol. The van der Waals surface area contributed by atoms with Crippen molar-refractivity contribution in [3.8, 4) is 0 Å². The number of aryl methyl sites for hydroxylation is 2. The standard InChI is InChI=1S/C24H22ClN3OS/c1-3-17-7-9-18(10-8-17)14-22(29)28(15-19-6-4-5-13-26-19)24-27-23-16(2)20(25)11-12-21(23)30-24/h4-13H,3,14-15H2,1-2H3. The van der Waals surface area contributed by atoms with Crippen LogP contribution in [0.1, 0.15) is 29.3 Å². The molecule has 2 aromatic heterocycles. The number of nitrogens with zero attached hydrogens (tertiary/aromatic N) is 3. The fourth-order valence-corrected chi connectivity index (χ4v) is 4.48. The van der Waals surface area contributed by atoms with Gasteiger partial charge in [-0.2, -0.15) is 0 Å². The summed E-state index contributed by atoms with van der Waals surface area (Å²) in [5, 5.41) is 1.34. The number of halogens is 1. The number of pyridine rings is 1. The second kappa shape index (κ2) is 8.94. The molecule has 0 N–H and O–H groups in total. The van der Waals surface area contributed by atoms with Crippen LogP contribution in [-0.4, -0.2) is 15.9 Å². The van der Waals surface area contributed by atoms with Gasteiger partial charge in [0.05, 0.1) is 28.9 Å². The number of aromatic nitrogens is 2. The summed E-state index contributed by atoms with van der Waals surface area (Å²) in [5.41, 5.74) is 4.84. The predicted octanol–water partition coefficient (Wildman–Crippen LogP) is 5.99. The summed E-state index contributed by atoms with van der Waals surface area (Å²) in [5.74, 6) is -0.00675. The van der Waals surface area contributed by atoms with Crippen molar-refractivity contribution in [3.63, 3.8) is 0 Å². The second-order valence-electron chi connectivity index (χ2n) is 7.16. The summed E-state index contributed by atoms with van der Waals surface area (Å²) in [6, 6.07) is 17.8. The minimum Gasteiger partial charge on any atom is -0.282 e. The Bertz CT molecular complexity index is 1170. The number of thiazole rings is 1. The van der Waals surface area contributed by atoms with Crippen molar-refractivity contribution in [2.24, 2.45) is 0 Å². The van der Waals surface area contributed by atoms with Gasteiger partial charge in [-0.1, -0.05) is 60.2 Å². The second-order valence-corrected chi connectivity index (χ2v) is 8.58. The SMILES string of the molecule is CCc1ccc(CC(=O)N(Cc2ccccn2)c2nc3c(C)c(Cl)ccc3s2)cc1. The number of hydrogen-bond donors (Lipinski definition) is 0. The zero-order valence-corrected chi connectivity index (χ0v) is 18.5. The number of benzene rings is 2. The highest BCUT2D eigenvalue weighted by Crippen LogP contribution is 2.34. The molecule has 0 saturated heterocycles. The maximum atomic E-state index is 13.3. The highest BCUT2D eigenvalue weighted by atomic mass is 35.5. The minimum absolute atomic E-state index is 0.00675. The fraction of sp³-hybridized carbons (Fsp3) is 0.208. The Morgan fingerprint density at radius 2 is 1.83 bits per heavy atom. The topological polar surface area (TPSA) is 46.1 Å². The summed E-state index contributed by atoms with van der Waals surface area (Å²) in [7, 11) is 0. The van der Waals surface area contributed by atoms with Crippen LogP contribution in [0.3, 0.4) is 0 Å². The zero-order chi connectivity index (χ0) is 21.1. The molecule has 2 aromatic carbocycles. The molecule has 0 fully saturated rings. The van der Waals surface area contributed by atoms with Gasteiger partial charge in [-0.3, -0.25) is 14.7 Å². The van der Waals surface area contributed by atoms with E-state index in [0.717, 1.165) is 33.5 Å². The minimum atomic E-state index is -0.00675. The Morgan fingerprint density at radius 1 is 1.07 bits per heavy atom. The predicted molar refractivity (Wildman–Crippen MR) is 124 cm³/mol. The van der Waals surface area contributed by atoms with Crippen molar-refractivity contribution in [2.45, 2.75) is 33.2 Å². The largest absolute Gasteiger partial charge is 0.282 e. The van der Waals surface area contributed by atoms with Crippen molar-refractivity contribution in [3.05, 3.63) is 88.2 Å². The molecule has 152 valence electrons. The highest BCUT2D eigenvalue weighted by molar-refractivity contribution is 7.22. The van der Waals surface area contributed by atoms with Crippen LogP contribution in [0.25, 0.3) is 10.2 Å². The van der Waals surface area contributed by atoms with Crippen molar-refractivity contribution in [1.29, 1.82) is 0 Å². The first kappa shape index (κ1) is 20.5. The molecule has 0 aliphatic heterocycles. The van der Waals surface area contributed by atoms with Crippen molar-refractivity contribution in [2.75, 3.05) is 4.90 Å². The molecule has 30 heavy (non-hydrogen) atoms. The van der Waals surface area contributed by atoms with Gasteiger partial charge in [0.2, 0.25) is 5.91 Å². The van der Waals surface area contributed by atoms with E-state index in [2.05, 4.69) is 24.0 Å². The molecule has 0 aliphatic carbocycles.